The molecule has 3 aromatic rings. The summed E-state index contributed by atoms with van der Waals surface area (Å²) >= 11 is 0. The number of fused-ring (bicyclic) bond motifs is 1. The van der Waals surface area contributed by atoms with Crippen molar-refractivity contribution in [3.63, 3.8) is 0 Å². The highest BCUT2D eigenvalue weighted by atomic mass is 16.5. The largest absolute Gasteiger partial charge is 0.497 e. The molecule has 1 aliphatic heterocycles. The fourth-order valence-electron chi connectivity index (χ4n) is 3.68. The molecule has 0 saturated carbocycles. The van der Waals surface area contributed by atoms with E-state index in [1.165, 1.54) is 4.90 Å². The highest BCUT2D eigenvalue weighted by molar-refractivity contribution is 6.22. The number of methoxy groups -OCH3 is 1. The Labute approximate surface area is 164 Å². The average Bonchev–Trinajstić information content (AvgIpc) is 3.02. The molecule has 1 saturated heterocycles. The van der Waals surface area contributed by atoms with Crippen molar-refractivity contribution >= 4 is 28.3 Å². The third-order valence-electron chi connectivity index (χ3n) is 5.24. The van der Waals surface area contributed by atoms with Gasteiger partial charge < -0.3 is 4.74 Å². The Morgan fingerprint density at radius 1 is 1.00 bits per heavy atom. The topological polar surface area (TPSA) is 49.9 Å². The van der Waals surface area contributed by atoms with Crippen molar-refractivity contribution in [2.24, 2.45) is 0 Å². The molecule has 1 aliphatic rings. The van der Waals surface area contributed by atoms with E-state index in [1.807, 2.05) is 78.7 Å². The number of carbonyl (C=O) groups excluding carboxylic acids is 2. The number of nitrogens with zero attached hydrogens (tertiary/aromatic N) is 2. The van der Waals surface area contributed by atoms with Crippen molar-refractivity contribution in [3.8, 4) is 5.75 Å². The number of rotatable bonds is 5. The van der Waals surface area contributed by atoms with Crippen molar-refractivity contribution < 1.29 is 14.3 Å². The molecule has 28 heavy (non-hydrogen) atoms. The average molecular weight is 374 g/mol. The Hall–Kier alpha value is -3.18. The van der Waals surface area contributed by atoms with Crippen LogP contribution >= 0.6 is 0 Å². The molecule has 3 aromatic carbocycles. The van der Waals surface area contributed by atoms with Gasteiger partial charge in [-0.2, -0.15) is 0 Å². The minimum atomic E-state index is -0.457. The quantitative estimate of drug-likeness (QED) is 0.640. The van der Waals surface area contributed by atoms with E-state index < -0.39 is 6.04 Å². The van der Waals surface area contributed by atoms with Gasteiger partial charge in [-0.25, -0.2) is 4.90 Å². The number of benzene rings is 3. The monoisotopic (exact) mass is 374 g/mol. The molecule has 0 spiro atoms. The highest BCUT2D eigenvalue weighted by Gasteiger charge is 2.41. The van der Waals surface area contributed by atoms with Gasteiger partial charge in [-0.15, -0.1) is 0 Å². The van der Waals surface area contributed by atoms with Crippen molar-refractivity contribution in [1.29, 1.82) is 0 Å². The van der Waals surface area contributed by atoms with Gasteiger partial charge >= 0.3 is 0 Å². The second kappa shape index (κ2) is 7.44. The molecule has 0 aliphatic carbocycles. The molecule has 0 aromatic heterocycles. The van der Waals surface area contributed by atoms with E-state index >= 15 is 0 Å². The van der Waals surface area contributed by atoms with Crippen molar-refractivity contribution in [1.82, 2.24) is 4.90 Å². The summed E-state index contributed by atoms with van der Waals surface area (Å²) in [5, 5.41) is 2.09. The lowest BCUT2D eigenvalue weighted by Crippen LogP contribution is -2.39. The number of imide groups is 1. The van der Waals surface area contributed by atoms with Crippen LogP contribution in [0.15, 0.2) is 66.7 Å². The molecule has 2 amide bonds. The van der Waals surface area contributed by atoms with Crippen LogP contribution in [0.1, 0.15) is 12.0 Å². The summed E-state index contributed by atoms with van der Waals surface area (Å²) < 4.78 is 5.18. The first-order chi connectivity index (χ1) is 13.6. The third-order valence-corrected chi connectivity index (χ3v) is 5.24. The van der Waals surface area contributed by atoms with E-state index in [9.17, 15) is 9.59 Å². The molecule has 1 fully saturated rings. The maximum absolute atomic E-state index is 13.0. The lowest BCUT2D eigenvalue weighted by atomic mass is 10.1. The number of amides is 2. The molecule has 5 nitrogen and oxygen atoms in total. The highest BCUT2D eigenvalue weighted by Crippen LogP contribution is 2.29. The van der Waals surface area contributed by atoms with Crippen LogP contribution in [0.25, 0.3) is 10.8 Å². The summed E-state index contributed by atoms with van der Waals surface area (Å²) in [7, 11) is 3.51. The fraction of sp³-hybridized carbons (Fsp3) is 0.217. The molecule has 0 radical (unpaired) electrons. The first kappa shape index (κ1) is 18.2. The lowest BCUT2D eigenvalue weighted by molar-refractivity contribution is -0.122. The molecular weight excluding hydrogens is 352 g/mol. The third kappa shape index (κ3) is 3.37. The van der Waals surface area contributed by atoms with Gasteiger partial charge in [0.15, 0.2) is 0 Å². The van der Waals surface area contributed by atoms with E-state index in [0.717, 1.165) is 22.1 Å². The van der Waals surface area contributed by atoms with Crippen LogP contribution in [-0.2, 0) is 16.1 Å². The van der Waals surface area contributed by atoms with Crippen LogP contribution < -0.4 is 9.64 Å². The first-order valence-corrected chi connectivity index (χ1v) is 9.25. The summed E-state index contributed by atoms with van der Waals surface area (Å²) in [5.74, 6) is 0.462. The van der Waals surface area contributed by atoms with Crippen molar-refractivity contribution in [3.05, 3.63) is 72.3 Å². The summed E-state index contributed by atoms with van der Waals surface area (Å²) in [4.78, 5) is 28.9. The second-order valence-electron chi connectivity index (χ2n) is 7.08. The van der Waals surface area contributed by atoms with E-state index in [4.69, 9.17) is 4.74 Å². The van der Waals surface area contributed by atoms with Crippen LogP contribution in [0.2, 0.25) is 0 Å². The van der Waals surface area contributed by atoms with Crippen molar-refractivity contribution in [2.75, 3.05) is 19.1 Å². The van der Waals surface area contributed by atoms with Gasteiger partial charge in [0, 0.05) is 6.54 Å². The molecule has 5 heteroatoms. The van der Waals surface area contributed by atoms with Gasteiger partial charge in [0.2, 0.25) is 5.91 Å². The molecule has 142 valence electrons. The second-order valence-corrected chi connectivity index (χ2v) is 7.08. The SMILES string of the molecule is COc1ccc(CN(C)[C@@H]2CC(=O)N(c3ccc4ccccc4c3)C2=O)cc1. The van der Waals surface area contributed by atoms with Gasteiger partial charge in [0.25, 0.3) is 5.91 Å². The predicted molar refractivity (Wildman–Crippen MR) is 109 cm³/mol. The van der Waals surface area contributed by atoms with Gasteiger partial charge in [-0.3, -0.25) is 14.5 Å². The zero-order valence-corrected chi connectivity index (χ0v) is 16.0. The maximum atomic E-state index is 13.0. The van der Waals surface area contributed by atoms with Gasteiger partial charge in [-0.05, 0) is 47.6 Å². The Bertz CT molecular complexity index is 1030. The van der Waals surface area contributed by atoms with Crippen molar-refractivity contribution in [2.45, 2.75) is 19.0 Å². The number of ether oxygens (including phenoxy) is 1. The van der Waals surface area contributed by atoms with E-state index in [1.54, 1.807) is 7.11 Å². The van der Waals surface area contributed by atoms with Gasteiger partial charge in [0.1, 0.15) is 5.75 Å². The standard InChI is InChI=1S/C23H22N2O3/c1-24(15-16-7-11-20(28-2)12-8-16)21-14-22(26)25(23(21)27)19-10-9-17-5-3-4-6-18(17)13-19/h3-13,21H,14-15H2,1-2H3/t21-/m1/s1. The van der Waals surface area contributed by atoms with Gasteiger partial charge in [0.05, 0.1) is 25.3 Å². The lowest BCUT2D eigenvalue weighted by Gasteiger charge is -2.23. The Morgan fingerprint density at radius 2 is 1.71 bits per heavy atom. The number of hydrogen-bond acceptors (Lipinski definition) is 4. The Kier molecular flexibility index (Phi) is 4.84. The zero-order valence-electron chi connectivity index (χ0n) is 16.0. The summed E-state index contributed by atoms with van der Waals surface area (Å²) in [6.07, 6.45) is 0.193. The van der Waals surface area contributed by atoms with E-state index in [-0.39, 0.29) is 18.2 Å². The van der Waals surface area contributed by atoms with Gasteiger partial charge in [-0.1, -0.05) is 42.5 Å². The molecule has 0 bridgehead atoms. The molecular formula is C23H22N2O3. The van der Waals surface area contributed by atoms with Crippen LogP contribution in [0.4, 0.5) is 5.69 Å². The molecule has 4 rings (SSSR count). The smallest absolute Gasteiger partial charge is 0.251 e. The minimum absolute atomic E-state index is 0.160. The number of anilines is 1. The summed E-state index contributed by atoms with van der Waals surface area (Å²) in [5.41, 5.74) is 1.70. The normalized spacial score (nSPS) is 17.0. The predicted octanol–water partition coefficient (Wildman–Crippen LogP) is 3.61. The molecule has 1 heterocycles. The van der Waals surface area contributed by atoms with Crippen LogP contribution in [0.5, 0.6) is 5.75 Å². The molecule has 0 unspecified atom stereocenters. The van der Waals surface area contributed by atoms with Crippen LogP contribution in [0.3, 0.4) is 0 Å². The first-order valence-electron chi connectivity index (χ1n) is 9.25. The number of likely N-dealkylation sites (N-methyl/N-ethyl adjacent to an activating group) is 1. The molecule has 0 N–H and O–H groups in total. The summed E-state index contributed by atoms with van der Waals surface area (Å²) in [6, 6.07) is 20.9. The Balaban J connectivity index is 1.53. The Morgan fingerprint density at radius 3 is 2.43 bits per heavy atom. The maximum Gasteiger partial charge on any atom is 0.251 e. The molecule has 1 atom stereocenters. The van der Waals surface area contributed by atoms with E-state index in [2.05, 4.69) is 0 Å². The van der Waals surface area contributed by atoms with Crippen LogP contribution in [0, 0.1) is 0 Å². The fourth-order valence-corrected chi connectivity index (χ4v) is 3.68. The zero-order chi connectivity index (χ0) is 19.7. The van der Waals surface area contributed by atoms with E-state index in [0.29, 0.717) is 12.2 Å². The number of hydrogen-bond donors (Lipinski definition) is 0. The summed E-state index contributed by atoms with van der Waals surface area (Å²) in [6.45, 7) is 0.583. The van der Waals surface area contributed by atoms with Crippen LogP contribution in [-0.4, -0.2) is 36.9 Å². The number of carbonyl (C=O) groups is 2. The minimum Gasteiger partial charge on any atom is -0.497 e.